The maximum absolute atomic E-state index is 13.8. The third-order valence-electron chi connectivity index (χ3n) is 5.58. The molecule has 24 heavy (non-hydrogen) atoms. The molecule has 3 saturated carbocycles. The zero-order chi connectivity index (χ0) is 17.1. The zero-order valence-corrected chi connectivity index (χ0v) is 13.7. The lowest BCUT2D eigenvalue weighted by atomic mass is 9.85. The minimum absolute atomic E-state index is 0.0812. The molecule has 0 aliphatic heterocycles. The van der Waals surface area contributed by atoms with Gasteiger partial charge >= 0.3 is 0 Å². The van der Waals surface area contributed by atoms with Gasteiger partial charge in [-0.25, -0.2) is 13.8 Å². The Morgan fingerprint density at radius 1 is 1.29 bits per heavy atom. The van der Waals surface area contributed by atoms with Gasteiger partial charge in [-0.1, -0.05) is 6.42 Å². The Balaban J connectivity index is 1.27. The van der Waals surface area contributed by atoms with Crippen LogP contribution in [0.25, 0.3) is 0 Å². The number of amides is 2. The summed E-state index contributed by atoms with van der Waals surface area (Å²) in [6, 6.07) is -0.238. The molecule has 1 aromatic heterocycles. The number of halogens is 2. The summed E-state index contributed by atoms with van der Waals surface area (Å²) in [6.45, 7) is 0. The molecular weight excluding hydrogens is 338 g/mol. The Hall–Kier alpha value is -1.77. The minimum Gasteiger partial charge on any atom is -0.375 e. The summed E-state index contributed by atoms with van der Waals surface area (Å²) in [5.74, 6) is -4.45. The molecule has 130 valence electrons. The van der Waals surface area contributed by atoms with E-state index >= 15 is 0 Å². The number of fused-ring (bicyclic) bond motifs is 1. The van der Waals surface area contributed by atoms with Crippen molar-refractivity contribution in [2.45, 2.75) is 50.1 Å². The van der Waals surface area contributed by atoms with Crippen LogP contribution in [-0.4, -0.2) is 34.8 Å². The predicted octanol–water partition coefficient (Wildman–Crippen LogP) is 1.54. The fourth-order valence-corrected chi connectivity index (χ4v) is 4.67. The van der Waals surface area contributed by atoms with Gasteiger partial charge in [-0.05, 0) is 25.7 Å². The first-order valence-corrected chi connectivity index (χ1v) is 8.93. The Kier molecular flexibility index (Phi) is 3.35. The van der Waals surface area contributed by atoms with Crippen LogP contribution in [0.3, 0.4) is 0 Å². The summed E-state index contributed by atoms with van der Waals surface area (Å²) in [5, 5.41) is 7.45. The van der Waals surface area contributed by atoms with Crippen molar-refractivity contribution in [1.29, 1.82) is 0 Å². The molecular formula is C15H18F2N4O2S. The van der Waals surface area contributed by atoms with Crippen LogP contribution >= 0.6 is 11.3 Å². The highest BCUT2D eigenvalue weighted by atomic mass is 32.1. The fourth-order valence-electron chi connectivity index (χ4n) is 4.13. The predicted molar refractivity (Wildman–Crippen MR) is 83.7 cm³/mol. The largest absolute Gasteiger partial charge is 0.375 e. The molecule has 4 rings (SSSR count). The maximum Gasteiger partial charge on any atom is 0.271 e. The first-order valence-electron chi connectivity index (χ1n) is 8.05. The van der Waals surface area contributed by atoms with E-state index in [2.05, 4.69) is 15.6 Å². The smallest absolute Gasteiger partial charge is 0.271 e. The van der Waals surface area contributed by atoms with Gasteiger partial charge in [-0.15, -0.1) is 11.3 Å². The number of anilines is 1. The molecule has 6 nitrogen and oxygen atoms in total. The van der Waals surface area contributed by atoms with Crippen molar-refractivity contribution in [2.75, 3.05) is 5.73 Å². The van der Waals surface area contributed by atoms with Crippen LogP contribution in [-0.2, 0) is 4.79 Å². The molecule has 9 heteroatoms. The number of aromatic nitrogens is 1. The average molecular weight is 356 g/mol. The molecule has 1 heterocycles. The van der Waals surface area contributed by atoms with Crippen LogP contribution in [0.5, 0.6) is 0 Å². The number of nitrogens with zero attached hydrogens (tertiary/aromatic N) is 1. The fraction of sp³-hybridized carbons (Fsp3) is 0.667. The Labute approximate surface area is 141 Å². The minimum atomic E-state index is -2.85. The summed E-state index contributed by atoms with van der Waals surface area (Å²) in [4.78, 5) is 28.1. The van der Waals surface area contributed by atoms with Crippen LogP contribution in [0.1, 0.15) is 42.6 Å². The van der Waals surface area contributed by atoms with Gasteiger partial charge in [0.1, 0.15) is 11.1 Å². The molecule has 0 radical (unpaired) electrons. The van der Waals surface area contributed by atoms with Gasteiger partial charge < -0.3 is 16.4 Å². The lowest BCUT2D eigenvalue weighted by Gasteiger charge is -2.36. The van der Waals surface area contributed by atoms with Crippen molar-refractivity contribution in [3.05, 3.63) is 11.1 Å². The van der Waals surface area contributed by atoms with E-state index in [-0.39, 0.29) is 30.1 Å². The summed E-state index contributed by atoms with van der Waals surface area (Å²) in [6.07, 6.45) is 2.48. The molecule has 0 saturated heterocycles. The van der Waals surface area contributed by atoms with Crippen molar-refractivity contribution >= 4 is 28.3 Å². The molecule has 0 bridgehead atoms. The zero-order valence-electron chi connectivity index (χ0n) is 12.9. The van der Waals surface area contributed by atoms with Gasteiger partial charge in [-0.2, -0.15) is 0 Å². The summed E-state index contributed by atoms with van der Waals surface area (Å²) in [7, 11) is 0. The second-order valence-corrected chi connectivity index (χ2v) is 7.81. The topological polar surface area (TPSA) is 97.1 Å². The van der Waals surface area contributed by atoms with Crippen LogP contribution in [0.4, 0.5) is 13.9 Å². The van der Waals surface area contributed by atoms with Gasteiger partial charge in [0.05, 0.1) is 0 Å². The summed E-state index contributed by atoms with van der Waals surface area (Å²) < 4.78 is 27.6. The number of rotatable bonds is 4. The van der Waals surface area contributed by atoms with E-state index in [1.165, 1.54) is 11.3 Å². The first kappa shape index (κ1) is 15.7. The van der Waals surface area contributed by atoms with Crippen LogP contribution < -0.4 is 16.4 Å². The summed E-state index contributed by atoms with van der Waals surface area (Å²) >= 11 is 1.19. The monoisotopic (exact) mass is 356 g/mol. The van der Waals surface area contributed by atoms with Crippen molar-refractivity contribution < 1.29 is 18.4 Å². The number of alkyl halides is 2. The lowest BCUT2D eigenvalue weighted by molar-refractivity contribution is -0.131. The molecule has 0 aromatic carbocycles. The number of thiazole rings is 1. The molecule has 3 aliphatic rings. The Bertz CT molecular complexity index is 703. The highest BCUT2D eigenvalue weighted by Gasteiger charge is 2.85. The normalized spacial score (nSPS) is 35.7. The molecule has 3 fully saturated rings. The number of hydrogen-bond acceptors (Lipinski definition) is 5. The van der Waals surface area contributed by atoms with E-state index in [0.717, 1.165) is 0 Å². The second-order valence-electron chi connectivity index (χ2n) is 6.92. The second kappa shape index (κ2) is 5.11. The maximum atomic E-state index is 13.8. The Morgan fingerprint density at radius 3 is 2.58 bits per heavy atom. The van der Waals surface area contributed by atoms with Gasteiger partial charge in [0.25, 0.3) is 11.8 Å². The highest BCUT2D eigenvalue weighted by molar-refractivity contribution is 7.13. The van der Waals surface area contributed by atoms with E-state index in [0.29, 0.717) is 30.8 Å². The number of carbonyl (C=O) groups is 2. The van der Waals surface area contributed by atoms with Gasteiger partial charge in [0.2, 0.25) is 5.91 Å². The number of nitrogens with two attached hydrogens (primary N) is 1. The first-order chi connectivity index (χ1) is 11.3. The quantitative estimate of drug-likeness (QED) is 0.762. The van der Waals surface area contributed by atoms with Crippen LogP contribution in [0.2, 0.25) is 0 Å². The van der Waals surface area contributed by atoms with Crippen molar-refractivity contribution in [3.63, 3.8) is 0 Å². The van der Waals surface area contributed by atoms with Crippen LogP contribution in [0, 0.1) is 11.3 Å². The molecule has 0 spiro atoms. The van der Waals surface area contributed by atoms with E-state index in [1.54, 1.807) is 5.38 Å². The van der Waals surface area contributed by atoms with Crippen molar-refractivity contribution in [2.24, 2.45) is 11.3 Å². The lowest BCUT2D eigenvalue weighted by Crippen LogP contribution is -2.55. The SMILES string of the molecule is Nc1nc(C(=O)NC2CC(NC(=O)C34CCCC3C4(F)F)C2)cs1. The average Bonchev–Trinajstić information content (AvgIpc) is 2.94. The molecule has 2 amide bonds. The number of nitrogen functional groups attached to an aromatic ring is 1. The number of carbonyl (C=O) groups excluding carboxylic acids is 2. The van der Waals surface area contributed by atoms with E-state index in [9.17, 15) is 18.4 Å². The van der Waals surface area contributed by atoms with Gasteiger partial charge in [0, 0.05) is 23.4 Å². The van der Waals surface area contributed by atoms with Crippen molar-refractivity contribution in [3.8, 4) is 0 Å². The molecule has 3 aliphatic carbocycles. The summed E-state index contributed by atoms with van der Waals surface area (Å²) in [5.41, 5.74) is 4.30. The van der Waals surface area contributed by atoms with E-state index in [1.807, 2.05) is 0 Å². The molecule has 2 atom stereocenters. The van der Waals surface area contributed by atoms with E-state index < -0.39 is 23.2 Å². The van der Waals surface area contributed by atoms with Crippen molar-refractivity contribution in [1.82, 2.24) is 15.6 Å². The van der Waals surface area contributed by atoms with Gasteiger partial charge in [-0.3, -0.25) is 9.59 Å². The Morgan fingerprint density at radius 2 is 2.00 bits per heavy atom. The molecule has 4 N–H and O–H groups in total. The number of hydrogen-bond donors (Lipinski definition) is 3. The van der Waals surface area contributed by atoms with Gasteiger partial charge in [0.15, 0.2) is 5.13 Å². The highest BCUT2D eigenvalue weighted by Crippen LogP contribution is 2.74. The van der Waals surface area contributed by atoms with Crippen LogP contribution in [0.15, 0.2) is 5.38 Å². The third kappa shape index (κ3) is 2.13. The molecule has 1 aromatic rings. The number of nitrogens with one attached hydrogen (secondary N) is 2. The molecule has 2 unspecified atom stereocenters. The van der Waals surface area contributed by atoms with E-state index in [4.69, 9.17) is 5.73 Å². The third-order valence-corrected chi connectivity index (χ3v) is 6.25. The standard InChI is InChI=1S/C15H18F2N4O2S/c16-15(17)10-2-1-3-14(10,15)12(23)20-8-4-7(5-8)19-11(22)9-6-24-13(18)21-9/h6-8,10H,1-5H2,(H2,18,21)(H,19,22)(H,20,23).